The van der Waals surface area contributed by atoms with Crippen molar-refractivity contribution >= 4 is 0 Å². The van der Waals surface area contributed by atoms with E-state index in [2.05, 4.69) is 27.5 Å². The van der Waals surface area contributed by atoms with Crippen LogP contribution in [-0.2, 0) is 13.6 Å². The first kappa shape index (κ1) is 9.61. The number of aryl methyl sites for hydroxylation is 1. The van der Waals surface area contributed by atoms with Crippen molar-refractivity contribution in [3.8, 4) is 0 Å². The Kier molecular flexibility index (Phi) is 2.79. The number of likely N-dealkylation sites (N-methyl/N-ethyl adjacent to an activating group) is 1. The van der Waals surface area contributed by atoms with Crippen LogP contribution < -0.4 is 5.32 Å². The Bertz CT molecular complexity index is 295. The second-order valence-corrected chi connectivity index (χ2v) is 3.99. The molecule has 1 atom stereocenters. The van der Waals surface area contributed by atoms with Gasteiger partial charge in [-0.3, -0.25) is 0 Å². The van der Waals surface area contributed by atoms with Crippen molar-refractivity contribution < 1.29 is 0 Å². The van der Waals surface area contributed by atoms with Crippen molar-refractivity contribution in [1.29, 1.82) is 0 Å². The monoisotopic (exact) mass is 195 g/mol. The van der Waals surface area contributed by atoms with E-state index in [1.54, 1.807) is 6.33 Å². The van der Waals surface area contributed by atoms with Gasteiger partial charge in [0.1, 0.15) is 12.2 Å². The molecule has 0 aromatic carbocycles. The second-order valence-electron chi connectivity index (χ2n) is 3.99. The Hall–Kier alpha value is -0.940. The molecule has 0 bridgehead atoms. The van der Waals surface area contributed by atoms with Gasteiger partial charge in [-0.25, -0.2) is 0 Å². The molecule has 1 unspecified atom stereocenters. The average molecular weight is 195 g/mol. The van der Waals surface area contributed by atoms with Gasteiger partial charge in [0.05, 0.1) is 6.54 Å². The fraction of sp³-hybridized carbons (Fsp3) is 0.778. The fourth-order valence-electron chi connectivity index (χ4n) is 1.80. The molecular formula is C9H17N5. The van der Waals surface area contributed by atoms with Gasteiger partial charge in [0, 0.05) is 19.6 Å². The molecule has 0 amide bonds. The Balaban J connectivity index is 1.80. The van der Waals surface area contributed by atoms with E-state index in [-0.39, 0.29) is 0 Å². The van der Waals surface area contributed by atoms with Gasteiger partial charge in [-0.2, -0.15) is 0 Å². The third-order valence-corrected chi connectivity index (χ3v) is 2.75. The zero-order chi connectivity index (χ0) is 9.97. The van der Waals surface area contributed by atoms with Crippen LogP contribution >= 0.6 is 0 Å². The Morgan fingerprint density at radius 3 is 3.00 bits per heavy atom. The maximum absolute atomic E-state index is 4.03. The summed E-state index contributed by atoms with van der Waals surface area (Å²) in [6, 6.07) is 0.608. The molecule has 2 rings (SSSR count). The van der Waals surface area contributed by atoms with Gasteiger partial charge in [-0.05, 0) is 20.0 Å². The molecular weight excluding hydrogens is 178 g/mol. The molecule has 1 aromatic rings. The quantitative estimate of drug-likeness (QED) is 0.713. The molecule has 14 heavy (non-hydrogen) atoms. The van der Waals surface area contributed by atoms with Gasteiger partial charge in [-0.1, -0.05) is 0 Å². The van der Waals surface area contributed by atoms with Crippen LogP contribution in [0.25, 0.3) is 0 Å². The van der Waals surface area contributed by atoms with E-state index in [4.69, 9.17) is 0 Å². The highest BCUT2D eigenvalue weighted by Crippen LogP contribution is 2.06. The third kappa shape index (κ3) is 2.10. The number of nitrogens with one attached hydrogen (secondary N) is 1. The lowest BCUT2D eigenvalue weighted by molar-refractivity contribution is 0.396. The van der Waals surface area contributed by atoms with Crippen LogP contribution in [0, 0.1) is 0 Å². The van der Waals surface area contributed by atoms with Gasteiger partial charge in [0.25, 0.3) is 0 Å². The normalized spacial score (nSPS) is 23.1. The van der Waals surface area contributed by atoms with E-state index in [1.807, 2.05) is 11.6 Å². The highest BCUT2D eigenvalue weighted by atomic mass is 15.3. The van der Waals surface area contributed by atoms with E-state index in [0.717, 1.165) is 18.9 Å². The Morgan fingerprint density at radius 2 is 2.43 bits per heavy atom. The maximum Gasteiger partial charge on any atom is 0.146 e. The molecule has 0 spiro atoms. The van der Waals surface area contributed by atoms with Crippen LogP contribution in [0.2, 0.25) is 0 Å². The second kappa shape index (κ2) is 4.06. The Morgan fingerprint density at radius 1 is 1.57 bits per heavy atom. The lowest BCUT2D eigenvalue weighted by Crippen LogP contribution is -2.31. The standard InChI is InChI=1S/C9H17N5/c1-13-4-3-8(6-13)10-5-9-12-11-7-14(9)2/h7-8,10H,3-6H2,1-2H3. The molecule has 1 aliphatic rings. The van der Waals surface area contributed by atoms with Crippen molar-refractivity contribution in [2.24, 2.45) is 7.05 Å². The summed E-state index contributed by atoms with van der Waals surface area (Å²) in [4.78, 5) is 2.34. The topological polar surface area (TPSA) is 46.0 Å². The largest absolute Gasteiger partial charge is 0.320 e. The predicted molar refractivity (Wildman–Crippen MR) is 53.7 cm³/mol. The van der Waals surface area contributed by atoms with E-state index < -0.39 is 0 Å². The first-order chi connectivity index (χ1) is 6.75. The first-order valence-corrected chi connectivity index (χ1v) is 5.00. The molecule has 5 nitrogen and oxygen atoms in total. The first-order valence-electron chi connectivity index (χ1n) is 5.00. The van der Waals surface area contributed by atoms with Crippen molar-refractivity contribution in [1.82, 2.24) is 25.0 Å². The summed E-state index contributed by atoms with van der Waals surface area (Å²) < 4.78 is 1.95. The van der Waals surface area contributed by atoms with Crippen LogP contribution in [0.1, 0.15) is 12.2 Å². The number of hydrogen-bond acceptors (Lipinski definition) is 4. The van der Waals surface area contributed by atoms with Crippen molar-refractivity contribution in [3.05, 3.63) is 12.2 Å². The average Bonchev–Trinajstić information content (AvgIpc) is 2.72. The molecule has 1 aliphatic heterocycles. The van der Waals surface area contributed by atoms with Gasteiger partial charge >= 0.3 is 0 Å². The van der Waals surface area contributed by atoms with E-state index in [9.17, 15) is 0 Å². The van der Waals surface area contributed by atoms with Crippen molar-refractivity contribution in [3.63, 3.8) is 0 Å². The minimum absolute atomic E-state index is 0.608. The van der Waals surface area contributed by atoms with Crippen molar-refractivity contribution in [2.75, 3.05) is 20.1 Å². The molecule has 0 radical (unpaired) electrons. The smallest absolute Gasteiger partial charge is 0.146 e. The number of hydrogen-bond donors (Lipinski definition) is 1. The number of rotatable bonds is 3. The molecule has 1 saturated heterocycles. The number of nitrogens with zero attached hydrogens (tertiary/aromatic N) is 4. The maximum atomic E-state index is 4.03. The molecule has 5 heteroatoms. The minimum Gasteiger partial charge on any atom is -0.320 e. The van der Waals surface area contributed by atoms with Crippen LogP contribution in [0.5, 0.6) is 0 Å². The van der Waals surface area contributed by atoms with Gasteiger partial charge in [0.2, 0.25) is 0 Å². The number of likely N-dealkylation sites (tertiary alicyclic amines) is 1. The lowest BCUT2D eigenvalue weighted by atomic mass is 10.2. The predicted octanol–water partition coefficient (Wildman–Crippen LogP) is -0.391. The third-order valence-electron chi connectivity index (χ3n) is 2.75. The Labute approximate surface area is 84.1 Å². The van der Waals surface area contributed by atoms with Gasteiger partial charge < -0.3 is 14.8 Å². The summed E-state index contributed by atoms with van der Waals surface area (Å²) >= 11 is 0. The molecule has 0 aliphatic carbocycles. The van der Waals surface area contributed by atoms with Crippen LogP contribution in [0.3, 0.4) is 0 Å². The summed E-state index contributed by atoms with van der Waals surface area (Å²) in [7, 11) is 4.13. The zero-order valence-electron chi connectivity index (χ0n) is 8.77. The van der Waals surface area contributed by atoms with E-state index in [1.165, 1.54) is 13.0 Å². The minimum atomic E-state index is 0.608. The number of aromatic nitrogens is 3. The van der Waals surface area contributed by atoms with Gasteiger partial charge in [-0.15, -0.1) is 10.2 Å². The summed E-state index contributed by atoms with van der Waals surface area (Å²) in [6.45, 7) is 3.14. The zero-order valence-corrected chi connectivity index (χ0v) is 8.77. The van der Waals surface area contributed by atoms with Crippen molar-refractivity contribution in [2.45, 2.75) is 19.0 Å². The molecule has 0 saturated carbocycles. The summed E-state index contributed by atoms with van der Waals surface area (Å²) in [6.07, 6.45) is 2.96. The molecule has 1 aromatic heterocycles. The molecule has 1 fully saturated rings. The molecule has 1 N–H and O–H groups in total. The summed E-state index contributed by atoms with van der Waals surface area (Å²) in [5.74, 6) is 1.000. The van der Waals surface area contributed by atoms with Crippen LogP contribution in [-0.4, -0.2) is 45.8 Å². The fourth-order valence-corrected chi connectivity index (χ4v) is 1.80. The van der Waals surface area contributed by atoms with Crippen LogP contribution in [0.4, 0.5) is 0 Å². The summed E-state index contributed by atoms with van der Waals surface area (Å²) in [5.41, 5.74) is 0. The SMILES string of the molecule is CN1CCC(NCc2nncn2C)C1. The van der Waals surface area contributed by atoms with Crippen LogP contribution in [0.15, 0.2) is 6.33 Å². The van der Waals surface area contributed by atoms with E-state index in [0.29, 0.717) is 6.04 Å². The highest BCUT2D eigenvalue weighted by Gasteiger charge is 2.18. The van der Waals surface area contributed by atoms with Gasteiger partial charge in [0.15, 0.2) is 0 Å². The molecule has 78 valence electrons. The lowest BCUT2D eigenvalue weighted by Gasteiger charge is -2.11. The van der Waals surface area contributed by atoms with E-state index >= 15 is 0 Å². The molecule has 2 heterocycles. The highest BCUT2D eigenvalue weighted by molar-refractivity contribution is 4.86. The summed E-state index contributed by atoms with van der Waals surface area (Å²) in [5, 5.41) is 11.4.